The number of hydrogen-bond acceptors (Lipinski definition) is 2. The lowest BCUT2D eigenvalue weighted by molar-refractivity contribution is 0.0604. The maximum atomic E-state index is 5.39. The van der Waals surface area contributed by atoms with E-state index in [9.17, 15) is 0 Å². The van der Waals surface area contributed by atoms with Gasteiger partial charge >= 0.3 is 0 Å². The molecule has 0 aliphatic heterocycles. The molecule has 1 rings (SSSR count). The first-order chi connectivity index (χ1) is 7.17. The van der Waals surface area contributed by atoms with Gasteiger partial charge in [-0.15, -0.1) is 0 Å². The van der Waals surface area contributed by atoms with Crippen LogP contribution in [0, 0.1) is 5.92 Å². The van der Waals surface area contributed by atoms with Crippen molar-refractivity contribution in [3.8, 4) is 0 Å². The van der Waals surface area contributed by atoms with Gasteiger partial charge in [0.1, 0.15) is 0 Å². The topological polar surface area (TPSA) is 21.3 Å². The average molecular weight is 213 g/mol. The Labute approximate surface area is 94.8 Å². The monoisotopic (exact) mass is 213 g/mol. The molecule has 1 fully saturated rings. The van der Waals surface area contributed by atoms with Gasteiger partial charge in [-0.3, -0.25) is 0 Å². The molecule has 15 heavy (non-hydrogen) atoms. The highest BCUT2D eigenvalue weighted by Crippen LogP contribution is 2.21. The Kier molecular flexibility index (Phi) is 5.62. The van der Waals surface area contributed by atoms with E-state index < -0.39 is 0 Å². The Bertz CT molecular complexity index is 164. The van der Waals surface area contributed by atoms with Crippen LogP contribution in [0.4, 0.5) is 0 Å². The summed E-state index contributed by atoms with van der Waals surface area (Å²) in [6.07, 6.45) is 6.78. The van der Waals surface area contributed by atoms with Crippen molar-refractivity contribution in [2.45, 2.75) is 71.1 Å². The standard InChI is InChI=1S/C13H27NO/c1-5-10(2)11(3)14-12-6-8-13(15-4)9-7-12/h10-14H,5-9H2,1-4H3. The zero-order valence-corrected chi connectivity index (χ0v) is 10.8. The van der Waals surface area contributed by atoms with Crippen LogP contribution in [-0.4, -0.2) is 25.3 Å². The van der Waals surface area contributed by atoms with Crippen LogP contribution in [0.2, 0.25) is 0 Å². The molecular weight excluding hydrogens is 186 g/mol. The molecule has 2 nitrogen and oxygen atoms in total. The SMILES string of the molecule is CCC(C)C(C)NC1CCC(OC)CC1. The predicted octanol–water partition coefficient (Wildman–Crippen LogP) is 2.97. The summed E-state index contributed by atoms with van der Waals surface area (Å²) in [5.74, 6) is 0.783. The van der Waals surface area contributed by atoms with E-state index in [-0.39, 0.29) is 0 Å². The summed E-state index contributed by atoms with van der Waals surface area (Å²) in [5.41, 5.74) is 0. The molecule has 1 aliphatic carbocycles. The second-order valence-electron chi connectivity index (χ2n) is 5.05. The van der Waals surface area contributed by atoms with Gasteiger partial charge in [0.2, 0.25) is 0 Å². The zero-order chi connectivity index (χ0) is 11.3. The smallest absolute Gasteiger partial charge is 0.0572 e. The minimum absolute atomic E-state index is 0.516. The molecule has 2 unspecified atom stereocenters. The van der Waals surface area contributed by atoms with Crippen LogP contribution >= 0.6 is 0 Å². The van der Waals surface area contributed by atoms with Crippen molar-refractivity contribution in [2.24, 2.45) is 5.92 Å². The van der Waals surface area contributed by atoms with Crippen molar-refractivity contribution in [2.75, 3.05) is 7.11 Å². The van der Waals surface area contributed by atoms with Gasteiger partial charge in [0.15, 0.2) is 0 Å². The molecule has 0 heterocycles. The van der Waals surface area contributed by atoms with Gasteiger partial charge in [0, 0.05) is 19.2 Å². The van der Waals surface area contributed by atoms with Crippen LogP contribution in [0.3, 0.4) is 0 Å². The first kappa shape index (κ1) is 13.0. The molecule has 0 bridgehead atoms. The van der Waals surface area contributed by atoms with Crippen molar-refractivity contribution in [3.63, 3.8) is 0 Å². The molecule has 0 aromatic carbocycles. The summed E-state index contributed by atoms with van der Waals surface area (Å²) >= 11 is 0. The summed E-state index contributed by atoms with van der Waals surface area (Å²) in [6, 6.07) is 1.37. The Balaban J connectivity index is 2.23. The fourth-order valence-corrected chi connectivity index (χ4v) is 2.35. The molecule has 2 atom stereocenters. The molecule has 0 spiro atoms. The maximum Gasteiger partial charge on any atom is 0.0572 e. The van der Waals surface area contributed by atoms with Crippen molar-refractivity contribution in [1.29, 1.82) is 0 Å². The third-order valence-electron chi connectivity index (χ3n) is 4.00. The average Bonchev–Trinajstić information content (AvgIpc) is 2.29. The van der Waals surface area contributed by atoms with Gasteiger partial charge in [-0.05, 0) is 38.5 Å². The molecule has 1 N–H and O–H groups in total. The van der Waals surface area contributed by atoms with Crippen LogP contribution in [0.15, 0.2) is 0 Å². The molecular formula is C13H27NO. The first-order valence-corrected chi connectivity index (χ1v) is 6.46. The van der Waals surface area contributed by atoms with Crippen LogP contribution in [0.25, 0.3) is 0 Å². The number of nitrogens with one attached hydrogen (secondary N) is 1. The predicted molar refractivity (Wildman–Crippen MR) is 65.1 cm³/mol. The normalized spacial score (nSPS) is 31.2. The lowest BCUT2D eigenvalue weighted by Gasteiger charge is -2.32. The van der Waals surface area contributed by atoms with Crippen molar-refractivity contribution in [3.05, 3.63) is 0 Å². The largest absolute Gasteiger partial charge is 0.381 e. The minimum atomic E-state index is 0.516. The van der Waals surface area contributed by atoms with E-state index >= 15 is 0 Å². The summed E-state index contributed by atoms with van der Waals surface area (Å²) in [5, 5.41) is 3.76. The van der Waals surface area contributed by atoms with Gasteiger partial charge in [-0.2, -0.15) is 0 Å². The fourth-order valence-electron chi connectivity index (χ4n) is 2.35. The van der Waals surface area contributed by atoms with E-state index in [2.05, 4.69) is 26.1 Å². The van der Waals surface area contributed by atoms with E-state index in [1.54, 1.807) is 0 Å². The van der Waals surface area contributed by atoms with Crippen molar-refractivity contribution in [1.82, 2.24) is 5.32 Å². The van der Waals surface area contributed by atoms with E-state index in [1.807, 2.05) is 7.11 Å². The quantitative estimate of drug-likeness (QED) is 0.758. The minimum Gasteiger partial charge on any atom is -0.381 e. The molecule has 90 valence electrons. The molecule has 1 aliphatic rings. The molecule has 0 aromatic rings. The van der Waals surface area contributed by atoms with Gasteiger partial charge < -0.3 is 10.1 Å². The highest BCUT2D eigenvalue weighted by molar-refractivity contribution is 4.80. The Morgan fingerprint density at radius 3 is 2.27 bits per heavy atom. The highest BCUT2D eigenvalue weighted by atomic mass is 16.5. The molecule has 0 aromatic heterocycles. The van der Waals surface area contributed by atoms with Crippen LogP contribution in [0.1, 0.15) is 52.9 Å². The van der Waals surface area contributed by atoms with Crippen molar-refractivity contribution >= 4 is 0 Å². The number of rotatable bonds is 5. The first-order valence-electron chi connectivity index (χ1n) is 6.46. The van der Waals surface area contributed by atoms with E-state index in [0.29, 0.717) is 12.1 Å². The second-order valence-corrected chi connectivity index (χ2v) is 5.05. The van der Waals surface area contributed by atoms with Crippen molar-refractivity contribution < 1.29 is 4.74 Å². The Morgan fingerprint density at radius 2 is 1.80 bits per heavy atom. The summed E-state index contributed by atoms with van der Waals surface area (Å²) in [6.45, 7) is 6.92. The summed E-state index contributed by atoms with van der Waals surface area (Å²) in [7, 11) is 1.83. The van der Waals surface area contributed by atoms with E-state index in [1.165, 1.54) is 32.1 Å². The zero-order valence-electron chi connectivity index (χ0n) is 10.8. The third kappa shape index (κ3) is 4.12. The number of methoxy groups -OCH3 is 1. The number of hydrogen-bond donors (Lipinski definition) is 1. The molecule has 0 saturated heterocycles. The molecule has 2 heteroatoms. The second kappa shape index (κ2) is 6.49. The van der Waals surface area contributed by atoms with Gasteiger partial charge in [0.25, 0.3) is 0 Å². The lowest BCUT2D eigenvalue weighted by Crippen LogP contribution is -2.42. The van der Waals surface area contributed by atoms with Crippen LogP contribution < -0.4 is 5.32 Å². The van der Waals surface area contributed by atoms with E-state index in [4.69, 9.17) is 4.74 Å². The Morgan fingerprint density at radius 1 is 1.20 bits per heavy atom. The third-order valence-corrected chi connectivity index (χ3v) is 4.00. The fraction of sp³-hybridized carbons (Fsp3) is 1.00. The number of ether oxygens (including phenoxy) is 1. The Hall–Kier alpha value is -0.0800. The summed E-state index contributed by atoms with van der Waals surface area (Å²) in [4.78, 5) is 0. The highest BCUT2D eigenvalue weighted by Gasteiger charge is 2.22. The van der Waals surface area contributed by atoms with Gasteiger partial charge in [-0.25, -0.2) is 0 Å². The van der Waals surface area contributed by atoms with Crippen LogP contribution in [-0.2, 0) is 4.74 Å². The van der Waals surface area contributed by atoms with E-state index in [0.717, 1.165) is 12.0 Å². The van der Waals surface area contributed by atoms with Crippen LogP contribution in [0.5, 0.6) is 0 Å². The van der Waals surface area contributed by atoms with Gasteiger partial charge in [0.05, 0.1) is 6.10 Å². The molecule has 1 saturated carbocycles. The lowest BCUT2D eigenvalue weighted by atomic mass is 9.91. The molecule has 0 amide bonds. The van der Waals surface area contributed by atoms with Gasteiger partial charge in [-0.1, -0.05) is 20.3 Å². The molecule has 0 radical (unpaired) electrons. The maximum absolute atomic E-state index is 5.39. The summed E-state index contributed by atoms with van der Waals surface area (Å²) < 4.78 is 5.39.